The van der Waals surface area contributed by atoms with E-state index in [0.717, 1.165) is 11.3 Å². The van der Waals surface area contributed by atoms with Gasteiger partial charge in [-0.15, -0.1) is 10.2 Å². The number of nitrogens with one attached hydrogen (secondary N) is 3. The van der Waals surface area contributed by atoms with E-state index in [-0.39, 0.29) is 24.0 Å². The highest BCUT2D eigenvalue weighted by Crippen LogP contribution is 2.24. The fourth-order valence-electron chi connectivity index (χ4n) is 3.57. The second-order valence-electron chi connectivity index (χ2n) is 7.77. The van der Waals surface area contributed by atoms with Crippen molar-refractivity contribution in [2.75, 3.05) is 18.2 Å². The number of aromatic nitrogens is 3. The van der Waals surface area contributed by atoms with Crippen LogP contribution in [0.1, 0.15) is 17.8 Å². The van der Waals surface area contributed by atoms with Gasteiger partial charge in [-0.3, -0.25) is 19.5 Å². The Morgan fingerprint density at radius 2 is 2.00 bits per heavy atom. The molecule has 1 aliphatic heterocycles. The zero-order valence-electron chi connectivity index (χ0n) is 18.7. The summed E-state index contributed by atoms with van der Waals surface area (Å²) in [5, 5.41) is 17.0. The highest BCUT2D eigenvalue weighted by molar-refractivity contribution is 7.99. The van der Waals surface area contributed by atoms with E-state index < -0.39 is 12.1 Å². The summed E-state index contributed by atoms with van der Waals surface area (Å²) < 4.78 is 6.99. The van der Waals surface area contributed by atoms with Crippen molar-refractivity contribution in [3.05, 3.63) is 59.9 Å². The third-order valence-corrected chi connectivity index (χ3v) is 6.04. The van der Waals surface area contributed by atoms with Gasteiger partial charge in [-0.1, -0.05) is 23.9 Å². The summed E-state index contributed by atoms with van der Waals surface area (Å²) in [6, 6.07) is 14.0. The van der Waals surface area contributed by atoms with Gasteiger partial charge < -0.3 is 15.4 Å². The number of nitrogens with zero attached hydrogens (tertiary/aromatic N) is 3. The van der Waals surface area contributed by atoms with Crippen molar-refractivity contribution in [2.45, 2.75) is 31.0 Å². The molecule has 2 aromatic carbocycles. The number of rotatable bonds is 8. The van der Waals surface area contributed by atoms with Crippen molar-refractivity contribution in [3.8, 4) is 11.4 Å². The van der Waals surface area contributed by atoms with Crippen LogP contribution in [0.4, 0.5) is 10.5 Å². The maximum atomic E-state index is 12.5. The predicted octanol–water partition coefficient (Wildman–Crippen LogP) is 2.46. The minimum absolute atomic E-state index is 0.124. The van der Waals surface area contributed by atoms with Gasteiger partial charge in [-0.25, -0.2) is 4.79 Å². The molecule has 0 spiro atoms. The molecule has 11 heteroatoms. The number of ether oxygens (including phenoxy) is 1. The quantitative estimate of drug-likeness (QED) is 0.423. The maximum Gasteiger partial charge on any atom is 0.321 e. The lowest BCUT2D eigenvalue weighted by atomic mass is 10.1. The first-order chi connectivity index (χ1) is 16.4. The smallest absolute Gasteiger partial charge is 0.321 e. The number of carbonyl (C=O) groups is 3. The monoisotopic (exact) mass is 480 g/mol. The fraction of sp³-hybridized carbons (Fsp3) is 0.261. The molecule has 1 saturated heterocycles. The van der Waals surface area contributed by atoms with Gasteiger partial charge in [0, 0.05) is 30.3 Å². The summed E-state index contributed by atoms with van der Waals surface area (Å²) in [5.41, 5.74) is 2.55. The molecule has 10 nitrogen and oxygen atoms in total. The van der Waals surface area contributed by atoms with Gasteiger partial charge in [0.05, 0.1) is 12.9 Å². The van der Waals surface area contributed by atoms with Gasteiger partial charge in [0.1, 0.15) is 11.6 Å². The number of hydrogen-bond acceptors (Lipinski definition) is 7. The number of benzene rings is 2. The first-order valence-electron chi connectivity index (χ1n) is 10.6. The predicted molar refractivity (Wildman–Crippen MR) is 127 cm³/mol. The van der Waals surface area contributed by atoms with Gasteiger partial charge in [0.2, 0.25) is 11.8 Å². The topological polar surface area (TPSA) is 127 Å². The van der Waals surface area contributed by atoms with Crippen molar-refractivity contribution in [2.24, 2.45) is 0 Å². The van der Waals surface area contributed by atoms with E-state index in [1.54, 1.807) is 31.4 Å². The lowest BCUT2D eigenvalue weighted by Gasteiger charge is -2.23. The van der Waals surface area contributed by atoms with Crippen LogP contribution in [0.25, 0.3) is 5.69 Å². The van der Waals surface area contributed by atoms with Crippen molar-refractivity contribution in [1.29, 1.82) is 0 Å². The number of urea groups is 1. The Morgan fingerprint density at radius 3 is 2.71 bits per heavy atom. The van der Waals surface area contributed by atoms with Crippen LogP contribution in [0, 0.1) is 6.92 Å². The molecular formula is C23H24N6O4S. The molecule has 0 bridgehead atoms. The summed E-state index contributed by atoms with van der Waals surface area (Å²) in [6.45, 7) is 1.98. The van der Waals surface area contributed by atoms with E-state index in [2.05, 4.69) is 26.1 Å². The lowest BCUT2D eigenvalue weighted by Crippen LogP contribution is -2.53. The summed E-state index contributed by atoms with van der Waals surface area (Å²) >= 11 is 1.25. The molecule has 4 rings (SSSR count). The first kappa shape index (κ1) is 23.3. The van der Waals surface area contributed by atoms with Crippen LogP contribution in [0.15, 0.2) is 53.7 Å². The minimum atomic E-state index is -0.521. The molecule has 1 unspecified atom stereocenters. The van der Waals surface area contributed by atoms with Gasteiger partial charge in [-0.05, 0) is 48.9 Å². The van der Waals surface area contributed by atoms with Crippen LogP contribution < -0.4 is 20.7 Å². The fourth-order valence-corrected chi connectivity index (χ4v) is 4.34. The third kappa shape index (κ3) is 5.73. The number of hydrogen-bond donors (Lipinski definition) is 3. The molecule has 4 amide bonds. The Kier molecular flexibility index (Phi) is 7.12. The molecule has 1 atom stereocenters. The molecular weight excluding hydrogens is 456 g/mol. The van der Waals surface area contributed by atoms with Gasteiger partial charge in [0.15, 0.2) is 5.16 Å². The van der Waals surface area contributed by atoms with Gasteiger partial charge in [-0.2, -0.15) is 0 Å². The largest absolute Gasteiger partial charge is 0.497 e. The van der Waals surface area contributed by atoms with E-state index >= 15 is 0 Å². The number of thioether (sulfide) groups is 1. The molecule has 3 aromatic rings. The second kappa shape index (κ2) is 10.4. The van der Waals surface area contributed by atoms with E-state index in [1.165, 1.54) is 11.8 Å². The van der Waals surface area contributed by atoms with Crippen molar-refractivity contribution in [1.82, 2.24) is 25.4 Å². The summed E-state index contributed by atoms with van der Waals surface area (Å²) in [4.78, 5) is 36.0. The molecule has 0 saturated carbocycles. The molecule has 34 heavy (non-hydrogen) atoms. The molecule has 176 valence electrons. The van der Waals surface area contributed by atoms with Crippen LogP contribution in [0.3, 0.4) is 0 Å². The number of amides is 4. The Hall–Kier alpha value is -3.86. The molecule has 1 aromatic heterocycles. The molecule has 1 aliphatic rings. The molecule has 2 heterocycles. The normalized spacial score (nSPS) is 15.4. The van der Waals surface area contributed by atoms with Crippen LogP contribution in [0.5, 0.6) is 5.75 Å². The number of imide groups is 1. The van der Waals surface area contributed by atoms with E-state index in [1.807, 2.05) is 35.8 Å². The third-order valence-electron chi connectivity index (χ3n) is 5.12. The zero-order chi connectivity index (χ0) is 24.1. The average molecular weight is 481 g/mol. The lowest BCUT2D eigenvalue weighted by molar-refractivity contribution is -0.121. The van der Waals surface area contributed by atoms with Crippen molar-refractivity contribution in [3.63, 3.8) is 0 Å². The minimum Gasteiger partial charge on any atom is -0.497 e. The molecule has 0 radical (unpaired) electrons. The van der Waals surface area contributed by atoms with E-state index in [4.69, 9.17) is 4.74 Å². The van der Waals surface area contributed by atoms with Crippen LogP contribution in [-0.2, 0) is 16.0 Å². The zero-order valence-corrected chi connectivity index (χ0v) is 19.5. The Bertz CT molecular complexity index is 1190. The Balaban J connectivity index is 1.51. The number of carbonyl (C=O) groups excluding carboxylic acids is 3. The summed E-state index contributed by atoms with van der Waals surface area (Å²) in [5.74, 6) is 0.895. The van der Waals surface area contributed by atoms with Crippen molar-refractivity contribution < 1.29 is 19.1 Å². The van der Waals surface area contributed by atoms with E-state index in [9.17, 15) is 14.4 Å². The maximum absolute atomic E-state index is 12.5. The molecule has 0 aliphatic carbocycles. The van der Waals surface area contributed by atoms with E-state index in [0.29, 0.717) is 28.8 Å². The van der Waals surface area contributed by atoms with Crippen LogP contribution in [-0.4, -0.2) is 51.5 Å². The van der Waals surface area contributed by atoms with Crippen LogP contribution >= 0.6 is 11.8 Å². The number of methoxy groups -OCH3 is 1. The average Bonchev–Trinajstić information content (AvgIpc) is 3.20. The highest BCUT2D eigenvalue weighted by Gasteiger charge is 2.27. The molecule has 3 N–H and O–H groups in total. The first-order valence-corrected chi connectivity index (χ1v) is 11.6. The number of anilines is 1. The van der Waals surface area contributed by atoms with Crippen molar-refractivity contribution >= 4 is 35.3 Å². The van der Waals surface area contributed by atoms with Gasteiger partial charge >= 0.3 is 6.03 Å². The summed E-state index contributed by atoms with van der Waals surface area (Å²) in [6.07, 6.45) is 0.470. The molecule has 1 fully saturated rings. The Morgan fingerprint density at radius 1 is 1.21 bits per heavy atom. The summed E-state index contributed by atoms with van der Waals surface area (Å²) in [7, 11) is 1.58. The Labute approximate surface area is 200 Å². The van der Waals surface area contributed by atoms with Crippen LogP contribution in [0.2, 0.25) is 0 Å². The number of aryl methyl sites for hydroxylation is 1. The van der Waals surface area contributed by atoms with Gasteiger partial charge in [0.25, 0.3) is 0 Å². The second-order valence-corrected chi connectivity index (χ2v) is 8.71. The standard InChI is InChI=1S/C23H24N6O4S/c1-14-4-3-5-17(10-14)29-19(11-16-12-20(30)26-22(32)25-16)27-28-23(29)34-13-21(31)24-15-6-8-18(33-2)9-7-15/h3-10,16H,11-13H2,1-2H3,(H,24,31)(H2,25,26,30,32). The SMILES string of the molecule is COc1ccc(NC(=O)CSc2nnc(CC3CC(=O)NC(=O)N3)n2-c2cccc(C)c2)cc1. The highest BCUT2D eigenvalue weighted by atomic mass is 32.2.